The fourth-order valence-corrected chi connectivity index (χ4v) is 4.08. The van der Waals surface area contributed by atoms with Gasteiger partial charge in [-0.3, -0.25) is 19.4 Å². The molecule has 2 amide bonds. The van der Waals surface area contributed by atoms with Gasteiger partial charge >= 0.3 is 0 Å². The summed E-state index contributed by atoms with van der Waals surface area (Å²) in [7, 11) is 0. The van der Waals surface area contributed by atoms with Crippen LogP contribution in [0.5, 0.6) is 0 Å². The first-order valence-corrected chi connectivity index (χ1v) is 10.6. The van der Waals surface area contributed by atoms with Gasteiger partial charge in [-0.25, -0.2) is 0 Å². The highest BCUT2D eigenvalue weighted by Crippen LogP contribution is 2.32. The van der Waals surface area contributed by atoms with E-state index >= 15 is 0 Å². The van der Waals surface area contributed by atoms with Crippen LogP contribution in [0.15, 0.2) is 41.2 Å². The molecule has 0 spiro atoms. The Labute approximate surface area is 197 Å². The Morgan fingerprint density at radius 2 is 1.84 bits per heavy atom. The molecule has 1 aliphatic rings. The monoisotopic (exact) mass is 491 g/mol. The molecule has 1 aromatic heterocycles. The molecule has 0 bridgehead atoms. The van der Waals surface area contributed by atoms with Crippen LogP contribution in [-0.4, -0.2) is 21.8 Å². The van der Waals surface area contributed by atoms with Crippen molar-refractivity contribution in [2.45, 2.75) is 19.3 Å². The molecule has 11 heteroatoms. The van der Waals surface area contributed by atoms with E-state index in [1.165, 1.54) is 0 Å². The van der Waals surface area contributed by atoms with Crippen LogP contribution in [0.4, 0.5) is 23.1 Å². The molecule has 0 aliphatic carbocycles. The lowest BCUT2D eigenvalue weighted by atomic mass is 9.92. The quantitative estimate of drug-likeness (QED) is 0.416. The number of fused-ring (bicyclic) bond motifs is 1. The molecular weight excluding hydrogens is 477 g/mol. The van der Waals surface area contributed by atoms with Gasteiger partial charge in [-0.2, -0.15) is 4.98 Å². The highest BCUT2D eigenvalue weighted by atomic mass is 35.5. The lowest BCUT2D eigenvalue weighted by Crippen LogP contribution is -2.36. The number of hydrogen-bond donors (Lipinski definition) is 4. The molecule has 1 atom stereocenters. The smallest absolute Gasteiger partial charge is 0.258 e. The summed E-state index contributed by atoms with van der Waals surface area (Å²) in [6.45, 7) is 1.76. The summed E-state index contributed by atoms with van der Waals surface area (Å²) >= 11 is 18.1. The summed E-state index contributed by atoms with van der Waals surface area (Å²) in [5.74, 6) is -1.91. The van der Waals surface area contributed by atoms with Crippen molar-refractivity contribution in [1.82, 2.24) is 9.97 Å². The maximum absolute atomic E-state index is 13.0. The number of carbonyl (C=O) groups is 2. The summed E-state index contributed by atoms with van der Waals surface area (Å²) in [6, 6.07) is 9.83. The van der Waals surface area contributed by atoms with E-state index in [4.69, 9.17) is 34.8 Å². The average molecular weight is 493 g/mol. The minimum Gasteiger partial charge on any atom is -0.326 e. The lowest BCUT2D eigenvalue weighted by Gasteiger charge is -2.24. The Kier molecular flexibility index (Phi) is 6.10. The zero-order chi connectivity index (χ0) is 23.0. The van der Waals surface area contributed by atoms with Crippen LogP contribution in [0.2, 0.25) is 15.1 Å². The van der Waals surface area contributed by atoms with Gasteiger partial charge in [0, 0.05) is 32.9 Å². The van der Waals surface area contributed by atoms with Crippen molar-refractivity contribution in [3.8, 4) is 0 Å². The number of nitrogens with one attached hydrogen (secondary N) is 4. The van der Waals surface area contributed by atoms with E-state index < -0.39 is 23.3 Å². The molecule has 0 radical (unpaired) electrons. The zero-order valence-corrected chi connectivity index (χ0v) is 18.8. The molecule has 2 heterocycles. The molecule has 0 saturated carbocycles. The van der Waals surface area contributed by atoms with Crippen LogP contribution in [0.25, 0.3) is 0 Å². The predicted octanol–water partition coefficient (Wildman–Crippen LogP) is 4.85. The topological polar surface area (TPSA) is 116 Å². The zero-order valence-electron chi connectivity index (χ0n) is 16.6. The number of nitrogens with zero attached hydrogens (tertiary/aromatic N) is 1. The fourth-order valence-electron chi connectivity index (χ4n) is 3.38. The SMILES string of the molecule is Cc1c(Cl)cccc1NC(=O)[C@@H]1CC(=O)Nc2nc(Nc3cc(Cl)cc(Cl)c3)[nH]c(=O)c21. The van der Waals surface area contributed by atoms with Crippen LogP contribution >= 0.6 is 34.8 Å². The Hall–Kier alpha value is -3.07. The van der Waals surface area contributed by atoms with Gasteiger partial charge in [0.15, 0.2) is 0 Å². The first-order chi connectivity index (χ1) is 15.2. The number of benzene rings is 2. The molecule has 0 unspecified atom stereocenters. The van der Waals surface area contributed by atoms with Gasteiger partial charge in [0.05, 0.1) is 11.5 Å². The van der Waals surface area contributed by atoms with E-state index in [1.54, 1.807) is 43.3 Å². The van der Waals surface area contributed by atoms with Crippen molar-refractivity contribution >= 4 is 69.8 Å². The van der Waals surface area contributed by atoms with Gasteiger partial charge in [-0.05, 0) is 42.8 Å². The van der Waals surface area contributed by atoms with Gasteiger partial charge in [-0.15, -0.1) is 0 Å². The predicted molar refractivity (Wildman–Crippen MR) is 125 cm³/mol. The van der Waals surface area contributed by atoms with Gasteiger partial charge in [0.2, 0.25) is 17.8 Å². The molecule has 8 nitrogen and oxygen atoms in total. The number of hydrogen-bond acceptors (Lipinski definition) is 5. The maximum Gasteiger partial charge on any atom is 0.258 e. The molecule has 164 valence electrons. The van der Waals surface area contributed by atoms with Crippen LogP contribution < -0.4 is 21.5 Å². The van der Waals surface area contributed by atoms with Crippen molar-refractivity contribution in [3.63, 3.8) is 0 Å². The standard InChI is InChI=1S/C21H16Cl3N5O3/c1-9-14(24)3-2-4-15(9)26-19(31)13-8-16(30)27-18-17(13)20(32)29-21(28-18)25-12-6-10(22)5-11(23)7-12/h2-7,13H,8H2,1H3,(H,26,31)(H3,25,27,28,29,30,32)/t13-/m1/s1. The summed E-state index contributed by atoms with van der Waals surface area (Å²) in [5, 5.41) is 9.46. The molecule has 2 aromatic carbocycles. The van der Waals surface area contributed by atoms with E-state index in [9.17, 15) is 14.4 Å². The molecular formula is C21H16Cl3N5O3. The summed E-state index contributed by atoms with van der Waals surface area (Å²) in [4.78, 5) is 45.0. The molecule has 0 fully saturated rings. The maximum atomic E-state index is 13.0. The van der Waals surface area contributed by atoms with Crippen LogP contribution in [0.3, 0.4) is 0 Å². The van der Waals surface area contributed by atoms with Gasteiger partial charge in [0.1, 0.15) is 5.82 Å². The number of rotatable bonds is 4. The summed E-state index contributed by atoms with van der Waals surface area (Å²) < 4.78 is 0. The fraction of sp³-hybridized carbons (Fsp3) is 0.143. The van der Waals surface area contributed by atoms with Crippen LogP contribution in [0, 0.1) is 6.92 Å². The third kappa shape index (κ3) is 4.57. The summed E-state index contributed by atoms with van der Waals surface area (Å²) in [6.07, 6.45) is -0.195. The van der Waals surface area contributed by atoms with E-state index in [1.807, 2.05) is 0 Å². The first-order valence-electron chi connectivity index (χ1n) is 9.44. The molecule has 0 saturated heterocycles. The molecule has 32 heavy (non-hydrogen) atoms. The van der Waals surface area contributed by atoms with Crippen molar-refractivity contribution in [3.05, 3.63) is 72.9 Å². The number of carbonyl (C=O) groups excluding carboxylic acids is 2. The number of aromatic amines is 1. The third-order valence-electron chi connectivity index (χ3n) is 4.92. The van der Waals surface area contributed by atoms with Gasteiger partial charge in [-0.1, -0.05) is 40.9 Å². The highest BCUT2D eigenvalue weighted by molar-refractivity contribution is 6.35. The first kappa shape index (κ1) is 22.1. The lowest BCUT2D eigenvalue weighted by molar-refractivity contribution is -0.123. The summed E-state index contributed by atoms with van der Waals surface area (Å²) in [5.41, 5.74) is 1.16. The number of amides is 2. The number of anilines is 4. The third-order valence-corrected chi connectivity index (χ3v) is 5.76. The van der Waals surface area contributed by atoms with E-state index in [0.29, 0.717) is 32.0 Å². The minimum atomic E-state index is -1.02. The van der Waals surface area contributed by atoms with Crippen molar-refractivity contribution in [2.75, 3.05) is 16.0 Å². The van der Waals surface area contributed by atoms with E-state index in [2.05, 4.69) is 25.9 Å². The Morgan fingerprint density at radius 3 is 2.56 bits per heavy atom. The Bertz CT molecular complexity index is 1290. The molecule has 4 N–H and O–H groups in total. The van der Waals surface area contributed by atoms with Crippen molar-refractivity contribution in [2.24, 2.45) is 0 Å². The highest BCUT2D eigenvalue weighted by Gasteiger charge is 2.35. The van der Waals surface area contributed by atoms with Crippen molar-refractivity contribution < 1.29 is 9.59 Å². The normalized spacial score (nSPS) is 15.0. The van der Waals surface area contributed by atoms with Crippen molar-refractivity contribution in [1.29, 1.82) is 0 Å². The largest absolute Gasteiger partial charge is 0.326 e. The average Bonchev–Trinajstić information content (AvgIpc) is 2.69. The van der Waals surface area contributed by atoms with E-state index in [-0.39, 0.29) is 23.8 Å². The Morgan fingerprint density at radius 1 is 1.12 bits per heavy atom. The second-order valence-corrected chi connectivity index (χ2v) is 8.45. The van der Waals surface area contributed by atoms with Crippen LogP contribution in [-0.2, 0) is 9.59 Å². The minimum absolute atomic E-state index is 0.00333. The number of aromatic nitrogens is 2. The van der Waals surface area contributed by atoms with E-state index in [0.717, 1.165) is 0 Å². The Balaban J connectivity index is 1.66. The molecule has 1 aliphatic heterocycles. The van der Waals surface area contributed by atoms with Crippen LogP contribution in [0.1, 0.15) is 23.5 Å². The second-order valence-electron chi connectivity index (χ2n) is 7.17. The second kappa shape index (κ2) is 8.82. The van der Waals surface area contributed by atoms with Gasteiger partial charge in [0.25, 0.3) is 5.56 Å². The van der Waals surface area contributed by atoms with Gasteiger partial charge < -0.3 is 16.0 Å². The molecule has 4 rings (SSSR count). The number of halogens is 3. The number of H-pyrrole nitrogens is 1. The molecule has 3 aromatic rings.